The zero-order valence-corrected chi connectivity index (χ0v) is 10.3. The van der Waals surface area contributed by atoms with Crippen LogP contribution in [0.15, 0.2) is 15.9 Å². The lowest BCUT2D eigenvalue weighted by Gasteiger charge is -2.06. The molecule has 1 N–H and O–H groups in total. The molecule has 0 amide bonds. The largest absolute Gasteiger partial charge is 0.389 e. The van der Waals surface area contributed by atoms with Crippen molar-refractivity contribution in [3.63, 3.8) is 0 Å². The van der Waals surface area contributed by atoms with Gasteiger partial charge in [0.2, 0.25) is 0 Å². The van der Waals surface area contributed by atoms with Crippen molar-refractivity contribution < 1.29 is 13.2 Å². The molecule has 0 aliphatic heterocycles. The third-order valence-electron chi connectivity index (χ3n) is 1.73. The molecule has 6 heteroatoms. The molecule has 1 heterocycles. The predicted octanol–water partition coefficient (Wildman–Crippen LogP) is 3.94. The monoisotopic (exact) mass is 301 g/mol. The van der Waals surface area contributed by atoms with Gasteiger partial charge in [0.05, 0.1) is 0 Å². The molecule has 0 spiro atoms. The van der Waals surface area contributed by atoms with E-state index in [2.05, 4.69) is 21.2 Å². The Balaban J connectivity index is 2.07. The molecule has 0 unspecified atom stereocenters. The Morgan fingerprint density at radius 1 is 1.40 bits per heavy atom. The van der Waals surface area contributed by atoms with Crippen molar-refractivity contribution in [2.45, 2.75) is 25.6 Å². The van der Waals surface area contributed by atoms with Crippen LogP contribution in [0.25, 0.3) is 0 Å². The normalized spacial score (nSPS) is 12.0. The van der Waals surface area contributed by atoms with Gasteiger partial charge in [0.25, 0.3) is 0 Å². The summed E-state index contributed by atoms with van der Waals surface area (Å²) in [6.45, 7) is 1.03. The lowest BCUT2D eigenvalue weighted by atomic mass is 10.3. The van der Waals surface area contributed by atoms with E-state index >= 15 is 0 Å². The van der Waals surface area contributed by atoms with E-state index in [9.17, 15) is 13.2 Å². The van der Waals surface area contributed by atoms with E-state index in [1.165, 1.54) is 0 Å². The number of thiophene rings is 1. The van der Waals surface area contributed by atoms with Crippen LogP contribution in [0.1, 0.15) is 17.7 Å². The Bertz CT molecular complexity index is 298. The Hall–Kier alpha value is -0.0700. The first kappa shape index (κ1) is 13.0. The number of hydrogen-bond acceptors (Lipinski definition) is 2. The highest BCUT2D eigenvalue weighted by Crippen LogP contribution is 2.21. The summed E-state index contributed by atoms with van der Waals surface area (Å²) in [5.41, 5.74) is 0. The van der Waals surface area contributed by atoms with Gasteiger partial charge >= 0.3 is 6.18 Å². The molecule has 0 aliphatic carbocycles. The number of halogens is 4. The Morgan fingerprint density at radius 3 is 2.67 bits per heavy atom. The smallest absolute Gasteiger partial charge is 0.312 e. The van der Waals surface area contributed by atoms with Crippen LogP contribution in [-0.2, 0) is 6.54 Å². The molecule has 1 aromatic rings. The fourth-order valence-electron chi connectivity index (χ4n) is 1.07. The molecule has 86 valence electrons. The standard InChI is InChI=1S/C9H11BrF3NS/c10-7-4-8(15-6-7)5-14-3-1-2-9(11,12)13/h4,6,14H,1-3,5H2. The summed E-state index contributed by atoms with van der Waals surface area (Å²) < 4.78 is 36.3. The van der Waals surface area contributed by atoms with Crippen molar-refractivity contribution in [1.82, 2.24) is 5.32 Å². The number of nitrogens with one attached hydrogen (secondary N) is 1. The van der Waals surface area contributed by atoms with Crippen LogP contribution in [0.5, 0.6) is 0 Å². The summed E-state index contributed by atoms with van der Waals surface area (Å²) in [6.07, 6.45) is -4.61. The predicted molar refractivity (Wildman–Crippen MR) is 59.0 cm³/mol. The summed E-state index contributed by atoms with van der Waals surface area (Å²) in [4.78, 5) is 1.12. The maximum Gasteiger partial charge on any atom is 0.389 e. The Labute approximate surface area is 98.8 Å². The third-order valence-corrected chi connectivity index (χ3v) is 3.43. The van der Waals surface area contributed by atoms with Crippen LogP contribution in [0.3, 0.4) is 0 Å². The second-order valence-electron chi connectivity index (χ2n) is 3.13. The first-order valence-corrected chi connectivity index (χ1v) is 6.15. The molecule has 0 bridgehead atoms. The van der Waals surface area contributed by atoms with Crippen LogP contribution in [0.2, 0.25) is 0 Å². The number of alkyl halides is 3. The van der Waals surface area contributed by atoms with Crippen molar-refractivity contribution in [2.75, 3.05) is 6.54 Å². The second kappa shape index (κ2) is 5.86. The molecule has 0 atom stereocenters. The zero-order valence-electron chi connectivity index (χ0n) is 7.90. The van der Waals surface area contributed by atoms with Crippen molar-refractivity contribution >= 4 is 27.3 Å². The molecule has 0 saturated heterocycles. The van der Waals surface area contributed by atoms with Crippen molar-refractivity contribution in [2.24, 2.45) is 0 Å². The number of rotatable bonds is 5. The van der Waals surface area contributed by atoms with Crippen LogP contribution >= 0.6 is 27.3 Å². The topological polar surface area (TPSA) is 12.0 Å². The van der Waals surface area contributed by atoms with Gasteiger partial charge in [-0.25, -0.2) is 0 Å². The highest BCUT2D eigenvalue weighted by molar-refractivity contribution is 9.10. The molecule has 0 saturated carbocycles. The molecule has 15 heavy (non-hydrogen) atoms. The van der Waals surface area contributed by atoms with Gasteiger partial charge in [0, 0.05) is 27.7 Å². The van der Waals surface area contributed by atoms with Gasteiger partial charge in [-0.3, -0.25) is 0 Å². The van der Waals surface area contributed by atoms with E-state index in [0.717, 1.165) is 9.35 Å². The third kappa shape index (κ3) is 6.17. The van der Waals surface area contributed by atoms with Gasteiger partial charge in [-0.2, -0.15) is 13.2 Å². The average Bonchev–Trinajstić information content (AvgIpc) is 2.49. The lowest BCUT2D eigenvalue weighted by Crippen LogP contribution is -2.17. The minimum atomic E-state index is -4.03. The van der Waals surface area contributed by atoms with Gasteiger partial charge in [0.1, 0.15) is 0 Å². The van der Waals surface area contributed by atoms with E-state index in [1.54, 1.807) is 11.3 Å². The lowest BCUT2D eigenvalue weighted by molar-refractivity contribution is -0.135. The summed E-state index contributed by atoms with van der Waals surface area (Å²) in [7, 11) is 0. The average molecular weight is 302 g/mol. The van der Waals surface area contributed by atoms with E-state index in [4.69, 9.17) is 0 Å². The van der Waals surface area contributed by atoms with E-state index in [0.29, 0.717) is 13.1 Å². The van der Waals surface area contributed by atoms with Crippen LogP contribution < -0.4 is 5.32 Å². The first-order chi connectivity index (χ1) is 6.97. The Morgan fingerprint density at radius 2 is 2.13 bits per heavy atom. The molecule has 1 rings (SSSR count). The fraction of sp³-hybridized carbons (Fsp3) is 0.556. The molecule has 1 nitrogen and oxygen atoms in total. The first-order valence-electron chi connectivity index (χ1n) is 4.48. The Kier molecular flexibility index (Phi) is 5.08. The molecule has 1 aromatic heterocycles. The molecule has 0 aromatic carbocycles. The van der Waals surface area contributed by atoms with Crippen molar-refractivity contribution in [3.8, 4) is 0 Å². The van der Waals surface area contributed by atoms with Crippen LogP contribution in [0.4, 0.5) is 13.2 Å². The highest BCUT2D eigenvalue weighted by atomic mass is 79.9. The minimum Gasteiger partial charge on any atom is -0.312 e. The van der Waals surface area contributed by atoms with E-state index in [-0.39, 0.29) is 6.42 Å². The maximum atomic E-state index is 11.8. The molecular weight excluding hydrogens is 291 g/mol. The van der Waals surface area contributed by atoms with Gasteiger partial charge in [0.15, 0.2) is 0 Å². The highest BCUT2D eigenvalue weighted by Gasteiger charge is 2.25. The quantitative estimate of drug-likeness (QED) is 0.812. The summed E-state index contributed by atoms with van der Waals surface area (Å²) in [5, 5.41) is 4.93. The molecule has 0 radical (unpaired) electrons. The summed E-state index contributed by atoms with van der Waals surface area (Å²) >= 11 is 4.90. The molecule has 0 aliphatic rings. The van der Waals surface area contributed by atoms with Gasteiger partial charge < -0.3 is 5.32 Å². The van der Waals surface area contributed by atoms with Crippen molar-refractivity contribution in [1.29, 1.82) is 0 Å². The summed E-state index contributed by atoms with van der Waals surface area (Å²) in [6, 6.07) is 1.96. The zero-order chi connectivity index (χ0) is 11.3. The molecule has 0 fully saturated rings. The number of hydrogen-bond donors (Lipinski definition) is 1. The van der Waals surface area contributed by atoms with Crippen LogP contribution in [-0.4, -0.2) is 12.7 Å². The SMILES string of the molecule is FC(F)(F)CCCNCc1cc(Br)cs1. The van der Waals surface area contributed by atoms with E-state index < -0.39 is 12.6 Å². The second-order valence-corrected chi connectivity index (χ2v) is 5.04. The summed E-state index contributed by atoms with van der Waals surface area (Å²) in [5.74, 6) is 0. The van der Waals surface area contributed by atoms with Gasteiger partial charge in [-0.05, 0) is 35.0 Å². The van der Waals surface area contributed by atoms with E-state index in [1.807, 2.05) is 11.4 Å². The van der Waals surface area contributed by atoms with Crippen LogP contribution in [0, 0.1) is 0 Å². The molecular formula is C9H11BrF3NS. The maximum absolute atomic E-state index is 11.8. The minimum absolute atomic E-state index is 0.135. The van der Waals surface area contributed by atoms with Crippen molar-refractivity contribution in [3.05, 3.63) is 20.8 Å². The fourth-order valence-corrected chi connectivity index (χ4v) is 2.49. The van der Waals surface area contributed by atoms with Gasteiger partial charge in [-0.1, -0.05) is 0 Å². The van der Waals surface area contributed by atoms with Gasteiger partial charge in [-0.15, -0.1) is 11.3 Å².